The lowest BCUT2D eigenvalue weighted by Gasteiger charge is -2.06. The third-order valence-corrected chi connectivity index (χ3v) is 2.82. The van der Waals surface area contributed by atoms with Crippen molar-refractivity contribution in [2.24, 2.45) is 5.73 Å². The number of hydrogen-bond donors (Lipinski definition) is 1. The minimum absolute atomic E-state index is 0. The average Bonchev–Trinajstić information content (AvgIpc) is 2.54. The molecule has 0 saturated carbocycles. The molecule has 0 saturated heterocycles. The van der Waals surface area contributed by atoms with Crippen LogP contribution in [0, 0.1) is 0 Å². The van der Waals surface area contributed by atoms with Gasteiger partial charge in [-0.25, -0.2) is 0 Å². The highest BCUT2D eigenvalue weighted by Crippen LogP contribution is 2.30. The number of amides is 1. The van der Waals surface area contributed by atoms with E-state index in [1.165, 1.54) is 18.2 Å². The van der Waals surface area contributed by atoms with Gasteiger partial charge in [0, 0.05) is 11.1 Å². The van der Waals surface area contributed by atoms with E-state index in [-0.39, 0.29) is 23.5 Å². The second-order valence-corrected chi connectivity index (χ2v) is 4.68. The topological polar surface area (TPSA) is 60.2 Å². The van der Waals surface area contributed by atoms with Gasteiger partial charge in [0.2, 0.25) is 5.91 Å². The van der Waals surface area contributed by atoms with Gasteiger partial charge in [0.05, 0.1) is 11.1 Å². The third-order valence-electron chi connectivity index (χ3n) is 2.82. The fraction of sp³-hybridized carbons (Fsp3) is 0.125. The molecule has 142 valence electrons. The summed E-state index contributed by atoms with van der Waals surface area (Å²) in [5.41, 5.74) is 3.04. The number of aldehydes is 1. The molecule has 0 fully saturated rings. The Bertz CT molecular complexity index is 759. The molecule has 0 aliphatic carbocycles. The first-order valence-electron chi connectivity index (χ1n) is 6.54. The first-order valence-corrected chi connectivity index (χ1v) is 6.54. The Morgan fingerprint density at radius 2 is 1.31 bits per heavy atom. The molecule has 1 amide bonds. The SMILES string of the molecule is NC(=O)c1cccc(C(F)(F)F)c1.O=Cc1cccc(C(F)(F)F)c1.[Cl-]. The van der Waals surface area contributed by atoms with E-state index in [1.807, 2.05) is 0 Å². The monoisotopic (exact) mass is 398 g/mol. The van der Waals surface area contributed by atoms with Crippen molar-refractivity contribution in [1.29, 1.82) is 0 Å². The Morgan fingerprint density at radius 3 is 1.73 bits per heavy atom. The second kappa shape index (κ2) is 9.23. The van der Waals surface area contributed by atoms with Gasteiger partial charge in [-0.2, -0.15) is 26.3 Å². The lowest BCUT2D eigenvalue weighted by atomic mass is 10.1. The van der Waals surface area contributed by atoms with Crippen LogP contribution in [0.1, 0.15) is 31.8 Å². The molecule has 10 heteroatoms. The van der Waals surface area contributed by atoms with Crippen LogP contribution in [0.3, 0.4) is 0 Å². The van der Waals surface area contributed by atoms with Crippen molar-refractivity contribution >= 4 is 12.2 Å². The molecule has 2 N–H and O–H groups in total. The van der Waals surface area contributed by atoms with Crippen LogP contribution >= 0.6 is 0 Å². The van der Waals surface area contributed by atoms with Crippen molar-refractivity contribution in [3.05, 3.63) is 70.8 Å². The zero-order valence-corrected chi connectivity index (χ0v) is 13.5. The highest BCUT2D eigenvalue weighted by molar-refractivity contribution is 5.92. The smallest absolute Gasteiger partial charge is 0.416 e. The molecule has 0 unspecified atom stereocenters. The Hall–Kier alpha value is -2.55. The van der Waals surface area contributed by atoms with Gasteiger partial charge >= 0.3 is 12.4 Å². The Labute approximate surface area is 150 Å². The van der Waals surface area contributed by atoms with Gasteiger partial charge in [0.15, 0.2) is 0 Å². The number of hydrogen-bond acceptors (Lipinski definition) is 2. The van der Waals surface area contributed by atoms with Gasteiger partial charge < -0.3 is 18.1 Å². The minimum atomic E-state index is -4.44. The van der Waals surface area contributed by atoms with Crippen molar-refractivity contribution in [3.8, 4) is 0 Å². The van der Waals surface area contributed by atoms with Crippen molar-refractivity contribution in [2.45, 2.75) is 12.4 Å². The molecule has 0 aromatic heterocycles. The lowest BCUT2D eigenvalue weighted by Crippen LogP contribution is -3.00. The predicted molar refractivity (Wildman–Crippen MR) is 76.8 cm³/mol. The summed E-state index contributed by atoms with van der Waals surface area (Å²) in [7, 11) is 0. The molecular weight excluding hydrogens is 388 g/mol. The number of carbonyl (C=O) groups is 2. The zero-order valence-electron chi connectivity index (χ0n) is 12.7. The number of carbonyl (C=O) groups excluding carboxylic acids is 2. The quantitative estimate of drug-likeness (QED) is 0.613. The number of alkyl halides is 6. The molecule has 2 aromatic carbocycles. The molecule has 0 radical (unpaired) electrons. The summed E-state index contributed by atoms with van der Waals surface area (Å²) in [6, 6.07) is 8.24. The molecular formula is C16H11ClF6NO2-. The maximum atomic E-state index is 12.1. The lowest BCUT2D eigenvalue weighted by molar-refractivity contribution is -0.138. The number of nitrogens with two attached hydrogens (primary N) is 1. The van der Waals surface area contributed by atoms with E-state index >= 15 is 0 Å². The highest BCUT2D eigenvalue weighted by atomic mass is 35.5. The molecule has 0 bridgehead atoms. The van der Waals surface area contributed by atoms with Crippen LogP contribution in [0.5, 0.6) is 0 Å². The van der Waals surface area contributed by atoms with Gasteiger partial charge in [-0.1, -0.05) is 18.2 Å². The Morgan fingerprint density at radius 1 is 0.846 bits per heavy atom. The Balaban J connectivity index is 0.000000464. The molecule has 0 heterocycles. The van der Waals surface area contributed by atoms with Crippen LogP contribution in [-0.2, 0) is 12.4 Å². The summed E-state index contributed by atoms with van der Waals surface area (Å²) in [6.45, 7) is 0. The van der Waals surface area contributed by atoms with Gasteiger partial charge in [-0.05, 0) is 30.3 Å². The second-order valence-electron chi connectivity index (χ2n) is 4.68. The van der Waals surface area contributed by atoms with Crippen LogP contribution in [0.2, 0.25) is 0 Å². The molecule has 3 nitrogen and oxygen atoms in total. The molecule has 26 heavy (non-hydrogen) atoms. The summed E-state index contributed by atoms with van der Waals surface area (Å²) in [5.74, 6) is -0.869. The summed E-state index contributed by atoms with van der Waals surface area (Å²) >= 11 is 0. The van der Waals surface area contributed by atoms with Gasteiger partial charge in [-0.15, -0.1) is 0 Å². The van der Waals surface area contributed by atoms with E-state index < -0.39 is 29.4 Å². The summed E-state index contributed by atoms with van der Waals surface area (Å²) in [6.07, 6.45) is -8.43. The maximum absolute atomic E-state index is 12.1. The largest absolute Gasteiger partial charge is 1.00 e. The fourth-order valence-corrected chi connectivity index (χ4v) is 1.64. The molecule has 0 spiro atoms. The fourth-order valence-electron chi connectivity index (χ4n) is 1.64. The molecule has 2 aromatic rings. The van der Waals surface area contributed by atoms with Crippen molar-refractivity contribution in [3.63, 3.8) is 0 Å². The highest BCUT2D eigenvalue weighted by Gasteiger charge is 2.31. The molecule has 0 atom stereocenters. The summed E-state index contributed by atoms with van der Waals surface area (Å²) < 4.78 is 72.2. The number of rotatable bonds is 2. The number of benzene rings is 2. The van der Waals surface area contributed by atoms with Crippen LogP contribution in [-0.4, -0.2) is 12.2 Å². The van der Waals surface area contributed by atoms with Crippen LogP contribution in [0.25, 0.3) is 0 Å². The van der Waals surface area contributed by atoms with Crippen molar-refractivity contribution in [1.82, 2.24) is 0 Å². The van der Waals surface area contributed by atoms with Gasteiger partial charge in [-0.3, -0.25) is 9.59 Å². The first kappa shape index (κ1) is 23.4. The van der Waals surface area contributed by atoms with Crippen LogP contribution < -0.4 is 18.1 Å². The predicted octanol–water partition coefficient (Wildman–Crippen LogP) is 1.33. The average molecular weight is 399 g/mol. The molecule has 0 aliphatic heterocycles. The number of halogens is 7. The van der Waals surface area contributed by atoms with Gasteiger partial charge in [0.1, 0.15) is 6.29 Å². The third kappa shape index (κ3) is 7.14. The minimum Gasteiger partial charge on any atom is -1.00 e. The van der Waals surface area contributed by atoms with Crippen LogP contribution in [0.4, 0.5) is 26.3 Å². The maximum Gasteiger partial charge on any atom is 0.416 e. The van der Waals surface area contributed by atoms with E-state index in [9.17, 15) is 35.9 Å². The summed E-state index contributed by atoms with van der Waals surface area (Å²) in [5, 5.41) is 0. The van der Waals surface area contributed by atoms with E-state index in [0.29, 0.717) is 6.29 Å². The van der Waals surface area contributed by atoms with E-state index in [2.05, 4.69) is 0 Å². The van der Waals surface area contributed by atoms with Crippen molar-refractivity contribution < 1.29 is 48.3 Å². The van der Waals surface area contributed by atoms with Crippen molar-refractivity contribution in [2.75, 3.05) is 0 Å². The van der Waals surface area contributed by atoms with E-state index in [4.69, 9.17) is 5.73 Å². The van der Waals surface area contributed by atoms with E-state index in [1.54, 1.807) is 0 Å². The summed E-state index contributed by atoms with van der Waals surface area (Å²) in [4.78, 5) is 20.7. The van der Waals surface area contributed by atoms with Gasteiger partial charge in [0.25, 0.3) is 0 Å². The van der Waals surface area contributed by atoms with Crippen LogP contribution in [0.15, 0.2) is 48.5 Å². The molecule has 0 aliphatic rings. The normalized spacial score (nSPS) is 10.8. The standard InChI is InChI=1S/C8H6F3NO.C8H5F3O.ClH/c9-8(10,11)6-3-1-2-5(4-6)7(12)13;9-8(10,11)7-3-1-2-6(4-7)5-12;/h1-4H,(H2,12,13);1-5H;1H/p-1. The van der Waals surface area contributed by atoms with E-state index in [0.717, 1.165) is 30.3 Å². The number of primary amides is 1. The zero-order chi connectivity index (χ0) is 19.3. The first-order chi connectivity index (χ1) is 11.4. The Kier molecular flexibility index (Phi) is 8.33. The molecule has 2 rings (SSSR count).